The van der Waals surface area contributed by atoms with E-state index in [0.29, 0.717) is 11.2 Å². The topological polar surface area (TPSA) is 50.5 Å². The van der Waals surface area contributed by atoms with E-state index in [1.807, 2.05) is 50.5 Å². The van der Waals surface area contributed by atoms with Crippen molar-refractivity contribution >= 4 is 27.9 Å². The van der Waals surface area contributed by atoms with Gasteiger partial charge in [-0.2, -0.15) is 9.78 Å². The molecule has 0 N–H and O–H groups in total. The summed E-state index contributed by atoms with van der Waals surface area (Å²) >= 11 is 1.53. The van der Waals surface area contributed by atoms with E-state index in [2.05, 4.69) is 10.1 Å². The first kappa shape index (κ1) is 14.5. The van der Waals surface area contributed by atoms with Gasteiger partial charge in [-0.15, -0.1) is 11.3 Å². The number of aryl methyl sites for hydroxylation is 1. The number of hydrogen-bond donors (Lipinski definition) is 0. The number of thiophene rings is 1. The first-order valence-corrected chi connectivity index (χ1v) is 7.67. The van der Waals surface area contributed by atoms with Crippen molar-refractivity contribution in [3.8, 4) is 10.4 Å². The van der Waals surface area contributed by atoms with E-state index in [1.165, 1.54) is 16.0 Å². The first-order valence-electron chi connectivity index (χ1n) is 6.86. The largest absolute Gasteiger partial charge is 0.367 e. The van der Waals surface area contributed by atoms with Crippen LogP contribution in [-0.2, 0) is 0 Å². The van der Waals surface area contributed by atoms with Crippen LogP contribution in [0.1, 0.15) is 5.82 Å². The van der Waals surface area contributed by atoms with Crippen LogP contribution in [0.5, 0.6) is 0 Å². The lowest BCUT2D eigenvalue weighted by Crippen LogP contribution is -2.21. The fourth-order valence-electron chi connectivity index (χ4n) is 2.11. The lowest BCUT2D eigenvalue weighted by Gasteiger charge is -2.05. The summed E-state index contributed by atoms with van der Waals surface area (Å²) in [7, 11) is 3.71. The molecule has 0 saturated carbocycles. The van der Waals surface area contributed by atoms with Gasteiger partial charge in [0.1, 0.15) is 17.0 Å². The van der Waals surface area contributed by atoms with Crippen molar-refractivity contribution in [3.05, 3.63) is 52.6 Å². The number of fused-ring (bicyclic) bond motifs is 1. The zero-order valence-electron chi connectivity index (χ0n) is 12.6. The lowest BCUT2D eigenvalue weighted by molar-refractivity contribution is 0.626. The Hall–Kier alpha value is -2.47. The van der Waals surface area contributed by atoms with Crippen molar-refractivity contribution in [2.45, 2.75) is 6.92 Å². The van der Waals surface area contributed by atoms with Gasteiger partial charge in [-0.25, -0.2) is 4.98 Å². The highest BCUT2D eigenvalue weighted by Crippen LogP contribution is 2.30. The quantitative estimate of drug-likeness (QED) is 0.552. The molecule has 0 atom stereocenters. The van der Waals surface area contributed by atoms with Gasteiger partial charge in [0.05, 0.1) is 5.39 Å². The molecule has 0 aliphatic rings. The fourth-order valence-corrected chi connectivity index (χ4v) is 3.18. The molecule has 0 spiro atoms. The molecule has 22 heavy (non-hydrogen) atoms. The summed E-state index contributed by atoms with van der Waals surface area (Å²) in [6.45, 7) is 1.79. The molecular formula is C16H16N4OS. The molecule has 0 saturated heterocycles. The average Bonchev–Trinajstić information content (AvgIpc) is 2.92. The minimum Gasteiger partial charge on any atom is -0.367 e. The van der Waals surface area contributed by atoms with Crippen molar-refractivity contribution in [2.24, 2.45) is 5.10 Å². The van der Waals surface area contributed by atoms with E-state index in [4.69, 9.17) is 0 Å². The molecule has 2 heterocycles. The van der Waals surface area contributed by atoms with Crippen LogP contribution in [0.4, 0.5) is 0 Å². The highest BCUT2D eigenvalue weighted by molar-refractivity contribution is 7.21. The molecule has 2 aromatic heterocycles. The highest BCUT2D eigenvalue weighted by atomic mass is 32.1. The van der Waals surface area contributed by atoms with Crippen LogP contribution < -0.4 is 5.56 Å². The summed E-state index contributed by atoms with van der Waals surface area (Å²) in [6, 6.07) is 11.9. The van der Waals surface area contributed by atoms with Crippen LogP contribution >= 0.6 is 11.3 Å². The predicted molar refractivity (Wildman–Crippen MR) is 91.6 cm³/mol. The second kappa shape index (κ2) is 5.73. The Kier molecular flexibility index (Phi) is 3.77. The van der Waals surface area contributed by atoms with E-state index in [-0.39, 0.29) is 5.56 Å². The molecule has 0 bridgehead atoms. The molecule has 0 aliphatic heterocycles. The number of nitrogens with zero attached hydrogens (tertiary/aromatic N) is 4. The van der Waals surface area contributed by atoms with Crippen LogP contribution in [-0.4, -0.2) is 35.0 Å². The van der Waals surface area contributed by atoms with Gasteiger partial charge in [0.25, 0.3) is 5.56 Å². The summed E-state index contributed by atoms with van der Waals surface area (Å²) in [5.74, 6) is 0.581. The summed E-state index contributed by atoms with van der Waals surface area (Å²) in [4.78, 5) is 20.7. The molecule has 0 fully saturated rings. The third kappa shape index (κ3) is 2.65. The second-order valence-electron chi connectivity index (χ2n) is 5.17. The Bertz CT molecular complexity index is 894. The van der Waals surface area contributed by atoms with Gasteiger partial charge in [0.15, 0.2) is 0 Å². The number of hydrogen-bond acceptors (Lipinski definition) is 4. The molecule has 0 unspecified atom stereocenters. The maximum Gasteiger partial charge on any atom is 0.282 e. The highest BCUT2D eigenvalue weighted by Gasteiger charge is 2.12. The van der Waals surface area contributed by atoms with E-state index in [9.17, 15) is 4.79 Å². The van der Waals surface area contributed by atoms with Crippen LogP contribution in [0.3, 0.4) is 0 Å². The minimum absolute atomic E-state index is 0.140. The van der Waals surface area contributed by atoms with Crippen molar-refractivity contribution in [3.63, 3.8) is 0 Å². The fraction of sp³-hybridized carbons (Fsp3) is 0.188. The van der Waals surface area contributed by atoms with Gasteiger partial charge in [0, 0.05) is 19.0 Å². The van der Waals surface area contributed by atoms with E-state index < -0.39 is 0 Å². The van der Waals surface area contributed by atoms with Gasteiger partial charge < -0.3 is 4.90 Å². The molecule has 112 valence electrons. The Balaban J connectivity index is 2.17. The van der Waals surface area contributed by atoms with Gasteiger partial charge >= 0.3 is 0 Å². The minimum atomic E-state index is -0.140. The maximum atomic E-state index is 12.6. The maximum absolute atomic E-state index is 12.6. The molecule has 0 amide bonds. The molecule has 3 aromatic rings. The zero-order chi connectivity index (χ0) is 15.7. The SMILES string of the molecule is Cc1nc2sc(-c3ccccc3)cc2c(=O)n1N=CN(C)C. The molecule has 5 nitrogen and oxygen atoms in total. The Labute approximate surface area is 132 Å². The zero-order valence-corrected chi connectivity index (χ0v) is 13.5. The summed E-state index contributed by atoms with van der Waals surface area (Å²) in [6.07, 6.45) is 1.59. The van der Waals surface area contributed by atoms with E-state index in [0.717, 1.165) is 15.3 Å². The van der Waals surface area contributed by atoms with Crippen LogP contribution in [0.25, 0.3) is 20.7 Å². The van der Waals surface area contributed by atoms with Gasteiger partial charge in [0.2, 0.25) is 0 Å². The summed E-state index contributed by atoms with van der Waals surface area (Å²) in [5.41, 5.74) is 0.949. The van der Waals surface area contributed by atoms with Gasteiger partial charge in [-0.05, 0) is 18.6 Å². The third-order valence-corrected chi connectivity index (χ3v) is 4.24. The lowest BCUT2D eigenvalue weighted by atomic mass is 10.2. The van der Waals surface area contributed by atoms with Crippen molar-refractivity contribution in [1.82, 2.24) is 14.6 Å². The summed E-state index contributed by atoms with van der Waals surface area (Å²) < 4.78 is 1.34. The molecule has 0 radical (unpaired) electrons. The Morgan fingerprint density at radius 1 is 1.27 bits per heavy atom. The first-order chi connectivity index (χ1) is 10.6. The second-order valence-corrected chi connectivity index (χ2v) is 6.20. The van der Waals surface area contributed by atoms with Gasteiger partial charge in [-0.3, -0.25) is 4.79 Å². The van der Waals surface area contributed by atoms with E-state index in [1.54, 1.807) is 18.2 Å². The summed E-state index contributed by atoms with van der Waals surface area (Å²) in [5, 5.41) is 4.79. The van der Waals surface area contributed by atoms with Crippen molar-refractivity contribution in [2.75, 3.05) is 14.1 Å². The standard InChI is InChI=1S/C16H16N4OS/c1-11-18-15-13(16(21)20(11)17-10-19(2)3)9-14(22-15)12-7-5-4-6-8-12/h4-10H,1-3H3. The molecule has 0 aliphatic carbocycles. The third-order valence-electron chi connectivity index (χ3n) is 3.16. The average molecular weight is 312 g/mol. The van der Waals surface area contributed by atoms with Crippen LogP contribution in [0.2, 0.25) is 0 Å². The number of aromatic nitrogens is 2. The number of benzene rings is 1. The normalized spacial score (nSPS) is 11.4. The van der Waals surface area contributed by atoms with Crippen LogP contribution in [0, 0.1) is 6.92 Å². The molecule has 6 heteroatoms. The van der Waals surface area contributed by atoms with E-state index >= 15 is 0 Å². The number of rotatable bonds is 3. The molecule has 3 rings (SSSR count). The molecule has 1 aromatic carbocycles. The van der Waals surface area contributed by atoms with Crippen molar-refractivity contribution in [1.29, 1.82) is 0 Å². The van der Waals surface area contributed by atoms with Gasteiger partial charge in [-0.1, -0.05) is 30.3 Å². The van der Waals surface area contributed by atoms with Crippen LogP contribution in [0.15, 0.2) is 46.3 Å². The molecular weight excluding hydrogens is 296 g/mol. The smallest absolute Gasteiger partial charge is 0.282 e. The Morgan fingerprint density at radius 3 is 2.68 bits per heavy atom. The predicted octanol–water partition coefficient (Wildman–Crippen LogP) is 2.79. The monoisotopic (exact) mass is 312 g/mol. The Morgan fingerprint density at radius 2 is 2.00 bits per heavy atom. The van der Waals surface area contributed by atoms with Crippen molar-refractivity contribution < 1.29 is 0 Å².